The Morgan fingerprint density at radius 1 is 0.730 bits per heavy atom. The van der Waals surface area contributed by atoms with Gasteiger partial charge in [0, 0.05) is 62.4 Å². The molecule has 2 amide bonds. The molecule has 2 fully saturated rings. The minimum atomic E-state index is -0.180. The molecule has 4 unspecified atom stereocenters. The van der Waals surface area contributed by atoms with Gasteiger partial charge in [-0.15, -0.1) is 0 Å². The lowest BCUT2D eigenvalue weighted by atomic mass is 9.85. The van der Waals surface area contributed by atoms with Crippen molar-refractivity contribution in [3.8, 4) is 29.0 Å². The van der Waals surface area contributed by atoms with Crippen molar-refractivity contribution in [2.75, 3.05) is 36.8 Å². The van der Waals surface area contributed by atoms with Crippen molar-refractivity contribution in [3.05, 3.63) is 131 Å². The third kappa shape index (κ3) is 9.58. The SMILES string of the molecule is Cc1ccc(-c2cnn(CCC3CCCN(C(=O)c4cc(C)ccc4-n4nccn4)C3CNc3ccc(C#N)cn3)c2)c(C(=O)N2CCCC(C)C2CNc2ccc(C#N)cn2)c1. The number of nitrogens with zero attached hydrogens (tertiary/aromatic N) is 11. The van der Waals surface area contributed by atoms with Crippen molar-refractivity contribution in [1.82, 2.24) is 44.5 Å². The lowest BCUT2D eigenvalue weighted by Gasteiger charge is -2.42. The van der Waals surface area contributed by atoms with Crippen LogP contribution in [-0.4, -0.2) is 94.6 Å². The number of carbonyl (C=O) groups is 2. The Morgan fingerprint density at radius 2 is 1.33 bits per heavy atom. The Morgan fingerprint density at radius 3 is 1.98 bits per heavy atom. The predicted molar refractivity (Wildman–Crippen MR) is 239 cm³/mol. The largest absolute Gasteiger partial charge is 0.368 e. The minimum absolute atomic E-state index is 0.00764. The second kappa shape index (κ2) is 19.1. The van der Waals surface area contributed by atoms with Crippen LogP contribution >= 0.6 is 0 Å². The lowest BCUT2D eigenvalue weighted by Crippen LogP contribution is -2.52. The van der Waals surface area contributed by atoms with Gasteiger partial charge in [0.25, 0.3) is 11.8 Å². The molecule has 320 valence electrons. The van der Waals surface area contributed by atoms with Crippen molar-refractivity contribution in [2.24, 2.45) is 11.8 Å². The molecule has 2 aromatic carbocycles. The smallest absolute Gasteiger partial charge is 0.256 e. The fourth-order valence-electron chi connectivity index (χ4n) is 9.02. The minimum Gasteiger partial charge on any atom is -0.368 e. The standard InChI is InChI=1S/C48H51N13O2/c1-32-8-12-39(40(22-32)47(62)59-19-4-6-34(3)43(59)29-53-45-14-10-35(24-49)26-51-45)38-28-57-58(31-38)21-16-37-7-5-20-60(44(37)30-54-46-15-11-36(25-50)27-52-46)48(63)41-23-33(2)9-13-42(41)61-55-17-18-56-61/h8-15,17-18,22-23,26-28,31,34,37,43-44H,4-7,16,19-21,29-30H2,1-3H3,(H,51,53)(H,52,54). The Balaban J connectivity index is 1.01. The van der Waals surface area contributed by atoms with E-state index < -0.39 is 0 Å². The first kappa shape index (κ1) is 42.3. The summed E-state index contributed by atoms with van der Waals surface area (Å²) >= 11 is 0. The van der Waals surface area contributed by atoms with E-state index in [9.17, 15) is 20.1 Å². The molecule has 0 spiro atoms. The monoisotopic (exact) mass is 841 g/mol. The fraction of sp³-hybridized carbons (Fsp3) is 0.354. The van der Waals surface area contributed by atoms with E-state index in [1.165, 1.54) is 4.80 Å². The topological polar surface area (TPSA) is 187 Å². The average Bonchev–Trinajstić information content (AvgIpc) is 4.03. The number of pyridine rings is 2. The molecular formula is C48H51N13O2. The summed E-state index contributed by atoms with van der Waals surface area (Å²) in [7, 11) is 0. The summed E-state index contributed by atoms with van der Waals surface area (Å²) < 4.78 is 1.94. The van der Waals surface area contributed by atoms with Crippen LogP contribution in [0.1, 0.15) is 82.0 Å². The highest BCUT2D eigenvalue weighted by Crippen LogP contribution is 2.33. The average molecular weight is 842 g/mol. The second-order valence-electron chi connectivity index (χ2n) is 16.7. The van der Waals surface area contributed by atoms with E-state index in [0.717, 1.165) is 54.4 Å². The van der Waals surface area contributed by atoms with Crippen molar-refractivity contribution in [1.29, 1.82) is 10.5 Å². The number of piperidine rings is 2. The molecule has 0 aliphatic carbocycles. The molecule has 4 atom stereocenters. The number of hydrogen-bond donors (Lipinski definition) is 2. The van der Waals surface area contributed by atoms with Gasteiger partial charge in [-0.25, -0.2) is 9.97 Å². The fourth-order valence-corrected chi connectivity index (χ4v) is 9.02. The van der Waals surface area contributed by atoms with Crippen molar-refractivity contribution < 1.29 is 9.59 Å². The summed E-state index contributed by atoms with van der Waals surface area (Å²) in [6.45, 7) is 9.05. The number of amides is 2. The Bertz CT molecular complexity index is 2630. The summed E-state index contributed by atoms with van der Waals surface area (Å²) in [6.07, 6.45) is 14.6. The molecule has 2 aliphatic rings. The van der Waals surface area contributed by atoms with Crippen molar-refractivity contribution >= 4 is 23.5 Å². The molecule has 6 heterocycles. The summed E-state index contributed by atoms with van der Waals surface area (Å²) in [6, 6.07) is 22.9. The number of hydrogen-bond acceptors (Lipinski definition) is 11. The summed E-state index contributed by atoms with van der Waals surface area (Å²) in [5.41, 5.74) is 6.45. The molecule has 0 bridgehead atoms. The van der Waals surface area contributed by atoms with Crippen LogP contribution in [0.15, 0.2) is 97.8 Å². The quantitative estimate of drug-likeness (QED) is 0.121. The van der Waals surface area contributed by atoms with Gasteiger partial charge in [0.05, 0.1) is 53.1 Å². The first-order valence-corrected chi connectivity index (χ1v) is 21.6. The molecule has 63 heavy (non-hydrogen) atoms. The van der Waals surface area contributed by atoms with Crippen LogP contribution in [0.4, 0.5) is 11.6 Å². The zero-order valence-corrected chi connectivity index (χ0v) is 35.9. The molecular weight excluding hydrogens is 791 g/mol. The highest BCUT2D eigenvalue weighted by molar-refractivity contribution is 6.01. The molecule has 2 N–H and O–H groups in total. The number of nitriles is 2. The first-order chi connectivity index (χ1) is 30.7. The molecule has 0 radical (unpaired) electrons. The summed E-state index contributed by atoms with van der Waals surface area (Å²) in [5, 5.41) is 38.9. The van der Waals surface area contributed by atoms with Gasteiger partial charge < -0.3 is 20.4 Å². The number of nitrogens with one attached hydrogen (secondary N) is 2. The Labute approximate surface area is 367 Å². The number of benzene rings is 2. The van der Waals surface area contributed by atoms with Crippen LogP contribution in [-0.2, 0) is 6.54 Å². The molecule has 2 saturated heterocycles. The van der Waals surface area contributed by atoms with Crippen LogP contribution in [0.3, 0.4) is 0 Å². The lowest BCUT2D eigenvalue weighted by molar-refractivity contribution is 0.0498. The molecule has 8 rings (SSSR count). The van der Waals surface area contributed by atoms with Crippen LogP contribution in [0, 0.1) is 48.3 Å². The maximum Gasteiger partial charge on any atom is 0.256 e. The number of carbonyl (C=O) groups excluding carboxylic acids is 2. The third-order valence-electron chi connectivity index (χ3n) is 12.4. The van der Waals surface area contributed by atoms with Gasteiger partial charge in [0.15, 0.2) is 0 Å². The number of aryl methyl sites for hydroxylation is 3. The van der Waals surface area contributed by atoms with Gasteiger partial charge in [0.1, 0.15) is 23.8 Å². The van der Waals surface area contributed by atoms with Crippen molar-refractivity contribution in [3.63, 3.8) is 0 Å². The Kier molecular flexibility index (Phi) is 12.8. The molecule has 0 saturated carbocycles. The summed E-state index contributed by atoms with van der Waals surface area (Å²) in [5.74, 6) is 1.62. The molecule has 15 heteroatoms. The number of rotatable bonds is 13. The summed E-state index contributed by atoms with van der Waals surface area (Å²) in [4.78, 5) is 43.6. The van der Waals surface area contributed by atoms with Gasteiger partial charge >= 0.3 is 0 Å². The van der Waals surface area contributed by atoms with Gasteiger partial charge in [-0.05, 0) is 106 Å². The molecule has 15 nitrogen and oxygen atoms in total. The maximum absolute atomic E-state index is 14.7. The van der Waals surface area contributed by atoms with Crippen molar-refractivity contribution in [2.45, 2.75) is 71.5 Å². The van der Waals surface area contributed by atoms with E-state index in [1.807, 2.05) is 77.1 Å². The van der Waals surface area contributed by atoms with Gasteiger partial charge in [0.2, 0.25) is 0 Å². The maximum atomic E-state index is 14.7. The second-order valence-corrected chi connectivity index (χ2v) is 16.7. The van der Waals surface area contributed by atoms with E-state index >= 15 is 0 Å². The van der Waals surface area contributed by atoms with E-state index in [-0.39, 0.29) is 35.7 Å². The van der Waals surface area contributed by atoms with Crippen LogP contribution in [0.25, 0.3) is 16.8 Å². The van der Waals surface area contributed by atoms with Gasteiger partial charge in [-0.2, -0.15) is 30.6 Å². The predicted octanol–water partition coefficient (Wildman–Crippen LogP) is 7.06. The number of likely N-dealkylation sites (tertiary alicyclic amines) is 2. The zero-order chi connectivity index (χ0) is 43.9. The number of anilines is 2. The number of aromatic nitrogens is 7. The van der Waals surface area contributed by atoms with Crippen LogP contribution in [0.5, 0.6) is 0 Å². The van der Waals surface area contributed by atoms with Crippen LogP contribution < -0.4 is 10.6 Å². The molecule has 4 aromatic heterocycles. The van der Waals surface area contributed by atoms with E-state index in [1.54, 1.807) is 49.1 Å². The van der Waals surface area contributed by atoms with E-state index in [4.69, 9.17) is 5.10 Å². The van der Waals surface area contributed by atoms with Crippen LogP contribution in [0.2, 0.25) is 0 Å². The highest BCUT2D eigenvalue weighted by Gasteiger charge is 2.36. The zero-order valence-electron chi connectivity index (χ0n) is 35.9. The van der Waals surface area contributed by atoms with E-state index in [0.29, 0.717) is 72.3 Å². The molecule has 6 aromatic rings. The van der Waals surface area contributed by atoms with Gasteiger partial charge in [-0.1, -0.05) is 36.2 Å². The first-order valence-electron chi connectivity index (χ1n) is 21.6. The van der Waals surface area contributed by atoms with Gasteiger partial charge in [-0.3, -0.25) is 14.3 Å². The normalized spacial score (nSPS) is 18.6. The Hall–Kier alpha value is -7.39. The highest BCUT2D eigenvalue weighted by atomic mass is 16.2. The van der Waals surface area contributed by atoms with E-state index in [2.05, 4.69) is 49.9 Å². The molecule has 2 aliphatic heterocycles. The third-order valence-corrected chi connectivity index (χ3v) is 12.4.